The number of halogens is 1. The fourth-order valence-electron chi connectivity index (χ4n) is 2.24. The Bertz CT molecular complexity index is 467. The number of hydrogen-bond donors (Lipinski definition) is 1. The van der Waals surface area contributed by atoms with Gasteiger partial charge in [-0.25, -0.2) is 4.79 Å². The maximum Gasteiger partial charge on any atom is 0.335 e. The zero-order valence-corrected chi connectivity index (χ0v) is 12.4. The Morgan fingerprint density at radius 2 is 2.11 bits per heavy atom. The van der Waals surface area contributed by atoms with E-state index in [1.54, 1.807) is 6.07 Å². The van der Waals surface area contributed by atoms with E-state index in [1.807, 2.05) is 6.92 Å². The maximum atomic E-state index is 11.0. The van der Waals surface area contributed by atoms with Crippen molar-refractivity contribution in [1.29, 1.82) is 0 Å². The quantitative estimate of drug-likeness (QED) is 0.891. The summed E-state index contributed by atoms with van der Waals surface area (Å²) in [7, 11) is 0. The second-order valence-corrected chi connectivity index (χ2v) is 5.40. The molecule has 0 spiro atoms. The molecule has 2 rings (SSSR count). The smallest absolute Gasteiger partial charge is 0.335 e. The van der Waals surface area contributed by atoms with Gasteiger partial charge in [0.15, 0.2) is 11.5 Å². The van der Waals surface area contributed by atoms with Gasteiger partial charge >= 0.3 is 5.97 Å². The van der Waals surface area contributed by atoms with Crippen LogP contribution in [-0.2, 0) is 0 Å². The molecule has 1 aromatic carbocycles. The first-order chi connectivity index (χ1) is 9.11. The Kier molecular flexibility index (Phi) is 4.69. The summed E-state index contributed by atoms with van der Waals surface area (Å²) in [5, 5.41) is 9.06. The third-order valence-electron chi connectivity index (χ3n) is 3.14. The highest BCUT2D eigenvalue weighted by Gasteiger charge is 2.21. The summed E-state index contributed by atoms with van der Waals surface area (Å²) in [4.78, 5) is 11.0. The van der Waals surface area contributed by atoms with Crippen LogP contribution in [0.15, 0.2) is 16.6 Å². The lowest BCUT2D eigenvalue weighted by atomic mass is 10.2. The van der Waals surface area contributed by atoms with Crippen LogP contribution in [-0.4, -0.2) is 23.8 Å². The van der Waals surface area contributed by atoms with Crippen molar-refractivity contribution >= 4 is 21.9 Å². The standard InChI is InChI=1S/C14H17BrO4/c1-2-18-12-8-9(14(16)17)7-11(15)13(12)19-10-5-3-4-6-10/h7-8,10H,2-6H2,1H3,(H,16,17). The fourth-order valence-corrected chi connectivity index (χ4v) is 2.78. The van der Waals surface area contributed by atoms with Gasteiger partial charge in [0, 0.05) is 0 Å². The maximum absolute atomic E-state index is 11.0. The summed E-state index contributed by atoms with van der Waals surface area (Å²) in [6.07, 6.45) is 4.64. The zero-order valence-electron chi connectivity index (χ0n) is 10.8. The Morgan fingerprint density at radius 1 is 1.42 bits per heavy atom. The van der Waals surface area contributed by atoms with E-state index in [1.165, 1.54) is 18.9 Å². The number of carbonyl (C=O) groups is 1. The molecule has 0 atom stereocenters. The van der Waals surface area contributed by atoms with E-state index in [0.717, 1.165) is 12.8 Å². The van der Waals surface area contributed by atoms with Crippen LogP contribution in [0, 0.1) is 0 Å². The Morgan fingerprint density at radius 3 is 2.68 bits per heavy atom. The second kappa shape index (κ2) is 6.28. The van der Waals surface area contributed by atoms with E-state index in [4.69, 9.17) is 14.6 Å². The molecule has 1 fully saturated rings. The molecular weight excluding hydrogens is 312 g/mol. The van der Waals surface area contributed by atoms with Crippen molar-refractivity contribution in [3.63, 3.8) is 0 Å². The first-order valence-corrected chi connectivity index (χ1v) is 7.27. The van der Waals surface area contributed by atoms with Crippen LogP contribution in [0.2, 0.25) is 0 Å². The molecule has 1 N–H and O–H groups in total. The third-order valence-corrected chi connectivity index (χ3v) is 3.73. The lowest BCUT2D eigenvalue weighted by Gasteiger charge is -2.18. The van der Waals surface area contributed by atoms with Crippen LogP contribution >= 0.6 is 15.9 Å². The van der Waals surface area contributed by atoms with Crippen molar-refractivity contribution < 1.29 is 19.4 Å². The van der Waals surface area contributed by atoms with E-state index in [0.29, 0.717) is 22.6 Å². The molecular formula is C14H17BrO4. The number of hydrogen-bond acceptors (Lipinski definition) is 3. The Balaban J connectivity index is 2.30. The summed E-state index contributed by atoms with van der Waals surface area (Å²) in [5.74, 6) is 0.119. The molecule has 4 nitrogen and oxygen atoms in total. The van der Waals surface area contributed by atoms with Gasteiger partial charge < -0.3 is 14.6 Å². The minimum Gasteiger partial charge on any atom is -0.490 e. The number of ether oxygens (including phenoxy) is 2. The van der Waals surface area contributed by atoms with Crippen molar-refractivity contribution in [1.82, 2.24) is 0 Å². The van der Waals surface area contributed by atoms with E-state index < -0.39 is 5.97 Å². The highest BCUT2D eigenvalue weighted by atomic mass is 79.9. The Labute approximate surface area is 120 Å². The topological polar surface area (TPSA) is 55.8 Å². The molecule has 1 aromatic rings. The first kappa shape index (κ1) is 14.2. The molecule has 0 aliphatic heterocycles. The number of carboxylic acids is 1. The molecule has 0 unspecified atom stereocenters. The monoisotopic (exact) mass is 328 g/mol. The van der Waals surface area contributed by atoms with Gasteiger partial charge in [-0.3, -0.25) is 0 Å². The summed E-state index contributed by atoms with van der Waals surface area (Å²) >= 11 is 3.38. The molecule has 0 aromatic heterocycles. The number of carboxylic acid groups (broad SMARTS) is 1. The molecule has 0 saturated heterocycles. The van der Waals surface area contributed by atoms with Gasteiger partial charge in [0.1, 0.15) is 0 Å². The molecule has 104 valence electrons. The predicted octanol–water partition coefficient (Wildman–Crippen LogP) is 3.87. The van der Waals surface area contributed by atoms with E-state index >= 15 is 0 Å². The third kappa shape index (κ3) is 3.41. The van der Waals surface area contributed by atoms with Gasteiger partial charge in [-0.05, 0) is 60.7 Å². The molecule has 0 radical (unpaired) electrons. The van der Waals surface area contributed by atoms with Gasteiger partial charge in [-0.15, -0.1) is 0 Å². The van der Waals surface area contributed by atoms with Crippen LogP contribution in [0.25, 0.3) is 0 Å². The molecule has 0 bridgehead atoms. The van der Waals surface area contributed by atoms with Crippen molar-refractivity contribution in [3.05, 3.63) is 22.2 Å². The largest absolute Gasteiger partial charge is 0.490 e. The molecule has 0 amide bonds. The lowest BCUT2D eigenvalue weighted by Crippen LogP contribution is -2.13. The fraction of sp³-hybridized carbons (Fsp3) is 0.500. The SMILES string of the molecule is CCOc1cc(C(=O)O)cc(Br)c1OC1CCCC1. The molecule has 1 aliphatic rings. The Hall–Kier alpha value is -1.23. The van der Waals surface area contributed by atoms with Gasteiger partial charge in [-0.2, -0.15) is 0 Å². The van der Waals surface area contributed by atoms with Crippen molar-refractivity contribution in [2.24, 2.45) is 0 Å². The van der Waals surface area contributed by atoms with Gasteiger partial charge in [0.25, 0.3) is 0 Å². The predicted molar refractivity (Wildman–Crippen MR) is 75.2 cm³/mol. The van der Waals surface area contributed by atoms with Gasteiger partial charge in [0.2, 0.25) is 0 Å². The van der Waals surface area contributed by atoms with Gasteiger partial charge in [-0.1, -0.05) is 0 Å². The number of benzene rings is 1. The molecule has 19 heavy (non-hydrogen) atoms. The van der Waals surface area contributed by atoms with Crippen LogP contribution in [0.4, 0.5) is 0 Å². The summed E-state index contributed by atoms with van der Waals surface area (Å²) < 4.78 is 12.1. The average molecular weight is 329 g/mol. The van der Waals surface area contributed by atoms with E-state index in [-0.39, 0.29) is 11.7 Å². The average Bonchev–Trinajstić information content (AvgIpc) is 2.86. The van der Waals surface area contributed by atoms with Crippen LogP contribution < -0.4 is 9.47 Å². The molecule has 1 saturated carbocycles. The second-order valence-electron chi connectivity index (χ2n) is 4.55. The van der Waals surface area contributed by atoms with Crippen molar-refractivity contribution in [3.8, 4) is 11.5 Å². The molecule has 0 heterocycles. The zero-order chi connectivity index (χ0) is 13.8. The lowest BCUT2D eigenvalue weighted by molar-refractivity contribution is 0.0696. The van der Waals surface area contributed by atoms with Crippen molar-refractivity contribution in [2.45, 2.75) is 38.7 Å². The minimum absolute atomic E-state index is 0.189. The first-order valence-electron chi connectivity index (χ1n) is 6.48. The molecule has 5 heteroatoms. The van der Waals surface area contributed by atoms with Crippen LogP contribution in [0.3, 0.4) is 0 Å². The number of aromatic carboxylic acids is 1. The van der Waals surface area contributed by atoms with Gasteiger partial charge in [0.05, 0.1) is 22.7 Å². The normalized spacial score (nSPS) is 15.5. The van der Waals surface area contributed by atoms with Crippen LogP contribution in [0.5, 0.6) is 11.5 Å². The summed E-state index contributed by atoms with van der Waals surface area (Å²) in [6.45, 7) is 2.33. The van der Waals surface area contributed by atoms with E-state index in [2.05, 4.69) is 15.9 Å². The minimum atomic E-state index is -0.978. The summed E-state index contributed by atoms with van der Waals surface area (Å²) in [5.41, 5.74) is 0.189. The molecule has 1 aliphatic carbocycles. The van der Waals surface area contributed by atoms with E-state index in [9.17, 15) is 4.79 Å². The highest BCUT2D eigenvalue weighted by molar-refractivity contribution is 9.10. The summed E-state index contributed by atoms with van der Waals surface area (Å²) in [6, 6.07) is 3.07. The van der Waals surface area contributed by atoms with Crippen LogP contribution in [0.1, 0.15) is 43.0 Å². The highest BCUT2D eigenvalue weighted by Crippen LogP contribution is 2.39. The number of rotatable bonds is 5. The van der Waals surface area contributed by atoms with Crippen molar-refractivity contribution in [2.75, 3.05) is 6.61 Å².